The number of halogens is 5. The van der Waals surface area contributed by atoms with E-state index in [1.807, 2.05) is 6.07 Å². The molecule has 4 rings (SSSR count). The lowest BCUT2D eigenvalue weighted by molar-refractivity contribution is -0.269. The smallest absolute Gasteiger partial charge is 0.322 e. The molecule has 5 nitrogen and oxygen atoms in total. The van der Waals surface area contributed by atoms with Crippen LogP contribution in [0.25, 0.3) is 5.70 Å². The van der Waals surface area contributed by atoms with Gasteiger partial charge in [0.2, 0.25) is 5.60 Å². The number of carbonyl (C=O) groups excluding carboxylic acids is 1. The Bertz CT molecular complexity index is 1380. The molecule has 1 aliphatic rings. The number of hydrogen-bond acceptors (Lipinski definition) is 4. The zero-order chi connectivity index (χ0) is 25.4. The second-order valence-electron chi connectivity index (χ2n) is 7.78. The highest BCUT2D eigenvalue weighted by Crippen LogP contribution is 2.48. The second kappa shape index (κ2) is 9.27. The minimum Gasteiger partial charge on any atom is -0.322 e. The summed E-state index contributed by atoms with van der Waals surface area (Å²) in [4.78, 5) is 17.8. The van der Waals surface area contributed by atoms with E-state index >= 15 is 0 Å². The molecule has 0 saturated carbocycles. The molecule has 0 bridgehead atoms. The molecule has 0 spiro atoms. The van der Waals surface area contributed by atoms with Crippen LogP contribution in [0.3, 0.4) is 0 Å². The topological polar surface area (TPSA) is 74.2 Å². The maximum Gasteiger partial charge on any atom is 0.428 e. The quantitative estimate of drug-likeness (QED) is 0.401. The van der Waals surface area contributed by atoms with Crippen LogP contribution in [-0.2, 0) is 10.4 Å². The number of carbonyl (C=O) groups is 1. The molecular weight excluding hydrogens is 502 g/mol. The molecule has 0 fully saturated rings. The van der Waals surface area contributed by atoms with Gasteiger partial charge in [-0.1, -0.05) is 41.4 Å². The summed E-state index contributed by atoms with van der Waals surface area (Å²) in [6.45, 7) is 1.66. The van der Waals surface area contributed by atoms with Gasteiger partial charge in [-0.2, -0.15) is 18.4 Å². The summed E-state index contributed by atoms with van der Waals surface area (Å²) in [7, 11) is 0. The normalized spacial score (nSPS) is 17.3. The number of amides is 1. The molecule has 0 saturated heterocycles. The van der Waals surface area contributed by atoms with Gasteiger partial charge in [0.25, 0.3) is 5.91 Å². The Balaban J connectivity index is 1.72. The summed E-state index contributed by atoms with van der Waals surface area (Å²) in [5, 5.41) is 11.8. The van der Waals surface area contributed by atoms with Crippen LogP contribution in [0.2, 0.25) is 10.0 Å². The highest BCUT2D eigenvalue weighted by atomic mass is 35.5. The molecule has 0 radical (unpaired) electrons. The lowest BCUT2D eigenvalue weighted by atomic mass is 9.91. The number of nitriles is 1. The Morgan fingerprint density at radius 2 is 1.77 bits per heavy atom. The molecule has 3 aromatic carbocycles. The number of nitrogens with one attached hydrogen (secondary N) is 2. The maximum absolute atomic E-state index is 14.3. The molecule has 2 N–H and O–H groups in total. The molecule has 0 aromatic heterocycles. The molecule has 178 valence electrons. The van der Waals surface area contributed by atoms with E-state index in [2.05, 4.69) is 10.8 Å². The third kappa shape index (κ3) is 4.71. The minimum absolute atomic E-state index is 0.0305. The Labute approximate surface area is 208 Å². The zero-order valence-electron chi connectivity index (χ0n) is 18.0. The lowest BCUT2D eigenvalue weighted by Crippen LogP contribution is -2.42. The molecular formula is C25H16Cl2F3N3O2. The number of hydroxylamine groups is 1. The van der Waals surface area contributed by atoms with Crippen molar-refractivity contribution >= 4 is 40.5 Å². The number of benzene rings is 3. The van der Waals surface area contributed by atoms with E-state index in [-0.39, 0.29) is 26.9 Å². The first-order valence-electron chi connectivity index (χ1n) is 10.2. The summed E-state index contributed by atoms with van der Waals surface area (Å²) >= 11 is 11.9. The van der Waals surface area contributed by atoms with Crippen LogP contribution in [0, 0.1) is 18.3 Å². The molecule has 1 heterocycles. The first kappa shape index (κ1) is 24.6. The minimum atomic E-state index is -4.85. The van der Waals surface area contributed by atoms with Crippen LogP contribution in [-0.4, -0.2) is 12.1 Å². The van der Waals surface area contributed by atoms with E-state index in [1.165, 1.54) is 12.1 Å². The molecule has 0 aliphatic carbocycles. The fourth-order valence-electron chi connectivity index (χ4n) is 3.73. The summed E-state index contributed by atoms with van der Waals surface area (Å²) in [6.07, 6.45) is -3.93. The fourth-order valence-corrected chi connectivity index (χ4v) is 4.26. The standard InChI is InChI=1S/C25H16Cl2F3N3O2/c1-14-20(6-3-7-21(14)32-23(34)16-5-2-4-15(8-16)13-31)22-12-24(35-33-22,25(28,29)30)17-9-18(26)11-19(27)10-17/h2-12,33H,1H3,(H,32,34)/t24-/m1/s1. The fraction of sp³-hybridized carbons (Fsp3) is 0.120. The highest BCUT2D eigenvalue weighted by molar-refractivity contribution is 6.34. The van der Waals surface area contributed by atoms with Gasteiger partial charge in [0.15, 0.2) is 0 Å². The third-order valence-electron chi connectivity index (χ3n) is 5.51. The summed E-state index contributed by atoms with van der Waals surface area (Å²) < 4.78 is 42.8. The van der Waals surface area contributed by atoms with Crippen LogP contribution in [0.1, 0.15) is 32.6 Å². The summed E-state index contributed by atoms with van der Waals surface area (Å²) in [5.41, 5.74) is 1.17. The highest BCUT2D eigenvalue weighted by Gasteiger charge is 2.59. The SMILES string of the molecule is Cc1c(NC(=O)c2cccc(C#N)c2)cccc1C1=C[C@@](c2cc(Cl)cc(Cl)c2)(C(F)(F)F)ON1. The van der Waals surface area contributed by atoms with E-state index in [9.17, 15) is 18.0 Å². The van der Waals surface area contributed by atoms with Crippen molar-refractivity contribution in [2.45, 2.75) is 18.7 Å². The molecule has 10 heteroatoms. The van der Waals surface area contributed by atoms with Gasteiger partial charge in [-0.15, -0.1) is 0 Å². The van der Waals surface area contributed by atoms with Crippen molar-refractivity contribution in [2.75, 3.05) is 5.32 Å². The van der Waals surface area contributed by atoms with Gasteiger partial charge in [0.1, 0.15) is 0 Å². The van der Waals surface area contributed by atoms with Crippen molar-refractivity contribution in [3.63, 3.8) is 0 Å². The molecule has 3 aromatic rings. The Morgan fingerprint density at radius 3 is 2.43 bits per heavy atom. The van der Waals surface area contributed by atoms with E-state index < -0.39 is 17.7 Å². The number of hydrogen-bond donors (Lipinski definition) is 2. The van der Waals surface area contributed by atoms with Crippen LogP contribution in [0.15, 0.2) is 66.7 Å². The summed E-state index contributed by atoms with van der Waals surface area (Å²) in [5.74, 6) is -0.467. The Kier molecular flexibility index (Phi) is 6.52. The lowest BCUT2D eigenvalue weighted by Gasteiger charge is -2.28. The number of rotatable bonds is 4. The average Bonchev–Trinajstić information content (AvgIpc) is 3.27. The Hall–Kier alpha value is -3.51. The molecule has 1 atom stereocenters. The monoisotopic (exact) mass is 517 g/mol. The van der Waals surface area contributed by atoms with E-state index in [4.69, 9.17) is 33.3 Å². The van der Waals surface area contributed by atoms with Crippen molar-refractivity contribution in [1.29, 1.82) is 5.26 Å². The maximum atomic E-state index is 14.3. The van der Waals surface area contributed by atoms with Gasteiger partial charge in [0, 0.05) is 32.4 Å². The van der Waals surface area contributed by atoms with Crippen molar-refractivity contribution in [2.24, 2.45) is 0 Å². The van der Waals surface area contributed by atoms with E-state index in [0.29, 0.717) is 22.4 Å². The predicted octanol–water partition coefficient (Wildman–Crippen LogP) is 6.76. The van der Waals surface area contributed by atoms with E-state index in [1.54, 1.807) is 43.3 Å². The second-order valence-corrected chi connectivity index (χ2v) is 8.65. The van der Waals surface area contributed by atoms with Crippen LogP contribution in [0.4, 0.5) is 18.9 Å². The first-order valence-corrected chi connectivity index (χ1v) is 10.9. The van der Waals surface area contributed by atoms with Gasteiger partial charge >= 0.3 is 6.18 Å². The number of nitrogens with zero attached hydrogens (tertiary/aromatic N) is 1. The molecule has 1 amide bonds. The van der Waals surface area contributed by atoms with Crippen molar-refractivity contribution in [3.8, 4) is 6.07 Å². The van der Waals surface area contributed by atoms with Crippen molar-refractivity contribution in [3.05, 3.63) is 105 Å². The molecule has 35 heavy (non-hydrogen) atoms. The largest absolute Gasteiger partial charge is 0.428 e. The Morgan fingerprint density at radius 1 is 1.09 bits per heavy atom. The van der Waals surface area contributed by atoms with Gasteiger partial charge in [0.05, 0.1) is 17.3 Å². The molecule has 1 aliphatic heterocycles. The summed E-state index contributed by atoms with van der Waals surface area (Å²) in [6, 6.07) is 16.5. The zero-order valence-corrected chi connectivity index (χ0v) is 19.5. The van der Waals surface area contributed by atoms with Crippen molar-refractivity contribution < 1.29 is 22.8 Å². The van der Waals surface area contributed by atoms with Gasteiger partial charge in [-0.25, -0.2) is 0 Å². The van der Waals surface area contributed by atoms with Crippen LogP contribution >= 0.6 is 23.2 Å². The van der Waals surface area contributed by atoms with Crippen molar-refractivity contribution in [1.82, 2.24) is 5.48 Å². The van der Waals surface area contributed by atoms with Gasteiger partial charge in [-0.3, -0.25) is 15.1 Å². The molecule has 0 unspecified atom stereocenters. The third-order valence-corrected chi connectivity index (χ3v) is 5.94. The predicted molar refractivity (Wildman–Crippen MR) is 127 cm³/mol. The number of alkyl halides is 3. The first-order chi connectivity index (χ1) is 16.5. The number of anilines is 1. The van der Waals surface area contributed by atoms with Crippen LogP contribution < -0.4 is 10.8 Å². The van der Waals surface area contributed by atoms with E-state index in [0.717, 1.165) is 18.2 Å². The average molecular weight is 518 g/mol. The van der Waals surface area contributed by atoms with Gasteiger partial charge in [-0.05, 0) is 61.0 Å². The van der Waals surface area contributed by atoms with Gasteiger partial charge < -0.3 is 5.32 Å². The van der Waals surface area contributed by atoms with Crippen LogP contribution in [0.5, 0.6) is 0 Å².